The molecule has 22 heavy (non-hydrogen) atoms. The number of hydrogen-bond acceptors (Lipinski definition) is 5. The van der Waals surface area contributed by atoms with E-state index in [1.165, 1.54) is 0 Å². The first-order valence-corrected chi connectivity index (χ1v) is 8.29. The summed E-state index contributed by atoms with van der Waals surface area (Å²) in [7, 11) is 0. The van der Waals surface area contributed by atoms with Crippen molar-refractivity contribution in [3.05, 3.63) is 33.4 Å². The van der Waals surface area contributed by atoms with Gasteiger partial charge in [-0.3, -0.25) is 4.79 Å². The number of carbonyl (C=O) groups is 1. The smallest absolute Gasteiger partial charge is 0.251 e. The normalized spacial score (nSPS) is 10.6. The summed E-state index contributed by atoms with van der Waals surface area (Å²) in [4.78, 5) is 11.8. The van der Waals surface area contributed by atoms with E-state index in [2.05, 4.69) is 27.9 Å². The van der Waals surface area contributed by atoms with Crippen LogP contribution in [0, 0.1) is 3.57 Å². The van der Waals surface area contributed by atoms with Crippen molar-refractivity contribution < 1.29 is 19.0 Å². The molecule has 3 N–H and O–H groups in total. The van der Waals surface area contributed by atoms with Gasteiger partial charge in [0.05, 0.1) is 39.6 Å². The molecule has 0 aliphatic rings. The van der Waals surface area contributed by atoms with Crippen LogP contribution in [0.3, 0.4) is 0 Å². The highest BCUT2D eigenvalue weighted by Gasteiger charge is 2.03. The molecule has 7 heteroatoms. The van der Waals surface area contributed by atoms with Crippen LogP contribution in [0.4, 0.5) is 0 Å². The number of ether oxygens (including phenoxy) is 3. The van der Waals surface area contributed by atoms with Gasteiger partial charge in [0.2, 0.25) is 0 Å². The molecule has 0 saturated carbocycles. The molecule has 6 nitrogen and oxygen atoms in total. The summed E-state index contributed by atoms with van der Waals surface area (Å²) < 4.78 is 16.9. The van der Waals surface area contributed by atoms with E-state index in [1.807, 2.05) is 12.1 Å². The van der Waals surface area contributed by atoms with Crippen LogP contribution < -0.4 is 11.1 Å². The molecule has 0 aliphatic carbocycles. The zero-order chi connectivity index (χ0) is 16.0. The Morgan fingerprint density at radius 3 is 2.09 bits per heavy atom. The van der Waals surface area contributed by atoms with Gasteiger partial charge in [0.1, 0.15) is 0 Å². The first-order valence-electron chi connectivity index (χ1n) is 7.21. The van der Waals surface area contributed by atoms with E-state index in [1.54, 1.807) is 12.1 Å². The number of benzene rings is 1. The van der Waals surface area contributed by atoms with Crippen LogP contribution in [0.1, 0.15) is 10.4 Å². The maximum atomic E-state index is 11.8. The number of hydrogen-bond donors (Lipinski definition) is 2. The highest BCUT2D eigenvalue weighted by Crippen LogP contribution is 2.06. The molecule has 124 valence electrons. The van der Waals surface area contributed by atoms with Crippen LogP contribution in [-0.4, -0.2) is 58.6 Å². The molecule has 1 aromatic rings. The van der Waals surface area contributed by atoms with E-state index < -0.39 is 0 Å². The fourth-order valence-electron chi connectivity index (χ4n) is 1.57. The van der Waals surface area contributed by atoms with Crippen molar-refractivity contribution in [1.82, 2.24) is 5.32 Å². The topological polar surface area (TPSA) is 82.8 Å². The van der Waals surface area contributed by atoms with E-state index >= 15 is 0 Å². The fraction of sp³-hybridized carbons (Fsp3) is 0.533. The zero-order valence-electron chi connectivity index (χ0n) is 12.6. The lowest BCUT2D eigenvalue weighted by molar-refractivity contribution is 0.0166. The molecule has 0 saturated heterocycles. The van der Waals surface area contributed by atoms with Gasteiger partial charge in [0, 0.05) is 22.2 Å². The lowest BCUT2D eigenvalue weighted by Gasteiger charge is -2.07. The van der Waals surface area contributed by atoms with E-state index in [0.29, 0.717) is 58.3 Å². The quantitative estimate of drug-likeness (QED) is 0.389. The summed E-state index contributed by atoms with van der Waals surface area (Å²) in [6.07, 6.45) is 0. The van der Waals surface area contributed by atoms with Gasteiger partial charge in [-0.15, -0.1) is 0 Å². The van der Waals surface area contributed by atoms with Crippen molar-refractivity contribution in [2.24, 2.45) is 5.73 Å². The Morgan fingerprint density at radius 1 is 0.955 bits per heavy atom. The molecular weight excluding hydrogens is 399 g/mol. The minimum absolute atomic E-state index is 0.0895. The third-order valence-electron chi connectivity index (χ3n) is 2.64. The molecule has 0 aliphatic heterocycles. The Labute approximate surface area is 144 Å². The summed E-state index contributed by atoms with van der Waals surface area (Å²) in [6, 6.07) is 7.41. The van der Waals surface area contributed by atoms with E-state index in [4.69, 9.17) is 19.9 Å². The zero-order valence-corrected chi connectivity index (χ0v) is 14.7. The Kier molecular flexibility index (Phi) is 11.2. The van der Waals surface area contributed by atoms with E-state index in [0.717, 1.165) is 3.57 Å². The lowest BCUT2D eigenvalue weighted by Crippen LogP contribution is -2.27. The van der Waals surface area contributed by atoms with Gasteiger partial charge < -0.3 is 25.3 Å². The Hall–Kier alpha value is -0.740. The molecule has 0 unspecified atom stereocenters. The van der Waals surface area contributed by atoms with Crippen LogP contribution in [0.2, 0.25) is 0 Å². The highest BCUT2D eigenvalue weighted by molar-refractivity contribution is 14.1. The van der Waals surface area contributed by atoms with Crippen LogP contribution in [-0.2, 0) is 14.2 Å². The minimum atomic E-state index is -0.0895. The van der Waals surface area contributed by atoms with Crippen LogP contribution in [0.25, 0.3) is 0 Å². The number of nitrogens with two attached hydrogens (primary N) is 1. The molecule has 1 rings (SSSR count). The Morgan fingerprint density at radius 2 is 1.50 bits per heavy atom. The Balaban J connectivity index is 1.93. The second-order valence-electron chi connectivity index (χ2n) is 4.39. The summed E-state index contributed by atoms with van der Waals surface area (Å²) in [6.45, 7) is 4.11. The van der Waals surface area contributed by atoms with Crippen LogP contribution in [0.15, 0.2) is 24.3 Å². The first-order chi connectivity index (χ1) is 10.7. The summed E-state index contributed by atoms with van der Waals surface area (Å²) in [5.41, 5.74) is 5.94. The van der Waals surface area contributed by atoms with Gasteiger partial charge in [-0.1, -0.05) is 0 Å². The number of carbonyl (C=O) groups excluding carboxylic acids is 1. The van der Waals surface area contributed by atoms with E-state index in [-0.39, 0.29) is 5.91 Å². The molecule has 0 radical (unpaired) electrons. The maximum absolute atomic E-state index is 11.8. The molecule has 0 heterocycles. The molecule has 0 fully saturated rings. The molecule has 1 aromatic carbocycles. The molecule has 0 atom stereocenters. The average Bonchev–Trinajstić information content (AvgIpc) is 2.53. The summed E-state index contributed by atoms with van der Waals surface area (Å²) >= 11 is 2.20. The van der Waals surface area contributed by atoms with Crippen molar-refractivity contribution in [3.8, 4) is 0 Å². The predicted octanol–water partition coefficient (Wildman–Crippen LogP) is 1.03. The van der Waals surface area contributed by atoms with Crippen molar-refractivity contribution >= 4 is 28.5 Å². The predicted molar refractivity (Wildman–Crippen MR) is 93.0 cm³/mol. The van der Waals surface area contributed by atoms with Gasteiger partial charge in [-0.05, 0) is 46.9 Å². The largest absolute Gasteiger partial charge is 0.378 e. The van der Waals surface area contributed by atoms with Gasteiger partial charge in [-0.25, -0.2) is 0 Å². The van der Waals surface area contributed by atoms with E-state index in [9.17, 15) is 4.79 Å². The van der Waals surface area contributed by atoms with Crippen molar-refractivity contribution in [2.75, 3.05) is 52.7 Å². The molecule has 0 bridgehead atoms. The second kappa shape index (κ2) is 12.8. The average molecular weight is 422 g/mol. The monoisotopic (exact) mass is 422 g/mol. The van der Waals surface area contributed by atoms with Gasteiger partial charge in [0.25, 0.3) is 5.91 Å². The fourth-order valence-corrected chi connectivity index (χ4v) is 1.92. The molecular formula is C15H23IN2O4. The molecule has 1 amide bonds. The first kappa shape index (κ1) is 19.3. The number of rotatable bonds is 12. The van der Waals surface area contributed by atoms with Gasteiger partial charge >= 0.3 is 0 Å². The number of halogens is 1. The maximum Gasteiger partial charge on any atom is 0.251 e. The minimum Gasteiger partial charge on any atom is -0.378 e. The number of amides is 1. The van der Waals surface area contributed by atoms with Gasteiger partial charge in [0.15, 0.2) is 0 Å². The Bertz CT molecular complexity index is 415. The third-order valence-corrected chi connectivity index (χ3v) is 3.36. The number of nitrogens with one attached hydrogen (secondary N) is 1. The van der Waals surface area contributed by atoms with Crippen molar-refractivity contribution in [1.29, 1.82) is 0 Å². The second-order valence-corrected chi connectivity index (χ2v) is 5.63. The van der Waals surface area contributed by atoms with Crippen molar-refractivity contribution in [2.45, 2.75) is 0 Å². The molecule has 0 spiro atoms. The SMILES string of the molecule is NCCOCCOCCOCCNC(=O)c1ccc(I)cc1. The summed E-state index contributed by atoms with van der Waals surface area (Å²) in [5.74, 6) is -0.0895. The lowest BCUT2D eigenvalue weighted by atomic mass is 10.2. The van der Waals surface area contributed by atoms with Crippen LogP contribution in [0.5, 0.6) is 0 Å². The van der Waals surface area contributed by atoms with Gasteiger partial charge in [-0.2, -0.15) is 0 Å². The standard InChI is InChI=1S/C15H23IN2O4/c16-14-3-1-13(2-4-14)15(19)18-6-8-21-10-12-22-11-9-20-7-5-17/h1-4H,5-12,17H2,(H,18,19). The third kappa shape index (κ3) is 9.31. The highest BCUT2D eigenvalue weighted by atomic mass is 127. The van der Waals surface area contributed by atoms with Crippen molar-refractivity contribution in [3.63, 3.8) is 0 Å². The van der Waals surface area contributed by atoms with Crippen LogP contribution >= 0.6 is 22.6 Å². The summed E-state index contributed by atoms with van der Waals surface area (Å²) in [5, 5.41) is 2.80. The molecule has 0 aromatic heterocycles.